The summed E-state index contributed by atoms with van der Waals surface area (Å²) in [6, 6.07) is 10.6. The standard InChI is InChI=1S/C15H14BrClO3/c1-19-10-4-6-14(20-2)11(8-10)15(18)9-3-5-13(17)12(16)7-9/h3-8,15,18H,1-2H3. The lowest BCUT2D eigenvalue weighted by Gasteiger charge is -2.16. The number of rotatable bonds is 4. The van der Waals surface area contributed by atoms with Crippen LogP contribution in [0.5, 0.6) is 11.5 Å². The molecule has 0 bridgehead atoms. The van der Waals surface area contributed by atoms with Gasteiger partial charge in [-0.2, -0.15) is 0 Å². The van der Waals surface area contributed by atoms with Crippen LogP contribution >= 0.6 is 27.5 Å². The van der Waals surface area contributed by atoms with E-state index in [0.717, 1.165) is 4.47 Å². The van der Waals surface area contributed by atoms with Crippen molar-refractivity contribution >= 4 is 27.5 Å². The minimum absolute atomic E-state index is 0.596. The van der Waals surface area contributed by atoms with Crippen LogP contribution in [0.2, 0.25) is 5.02 Å². The minimum atomic E-state index is -0.825. The third kappa shape index (κ3) is 3.08. The first-order chi connectivity index (χ1) is 9.56. The Bertz CT molecular complexity index is 616. The van der Waals surface area contributed by atoms with E-state index in [9.17, 15) is 5.11 Å². The van der Waals surface area contributed by atoms with Crippen molar-refractivity contribution < 1.29 is 14.6 Å². The van der Waals surface area contributed by atoms with Crippen LogP contribution in [0.25, 0.3) is 0 Å². The Morgan fingerprint density at radius 3 is 2.45 bits per heavy atom. The number of benzene rings is 2. The summed E-state index contributed by atoms with van der Waals surface area (Å²) in [4.78, 5) is 0. The predicted octanol–water partition coefficient (Wildman–Crippen LogP) is 4.20. The van der Waals surface area contributed by atoms with Crippen LogP contribution in [0, 0.1) is 0 Å². The molecule has 0 saturated heterocycles. The second-order valence-corrected chi connectivity index (χ2v) is 5.45. The summed E-state index contributed by atoms with van der Waals surface area (Å²) in [6.07, 6.45) is -0.825. The fourth-order valence-corrected chi connectivity index (χ4v) is 2.43. The van der Waals surface area contributed by atoms with Gasteiger partial charge >= 0.3 is 0 Å². The van der Waals surface area contributed by atoms with Gasteiger partial charge in [-0.1, -0.05) is 17.7 Å². The average Bonchev–Trinajstić information content (AvgIpc) is 2.48. The Morgan fingerprint density at radius 1 is 1.10 bits per heavy atom. The molecular formula is C15H14BrClO3. The van der Waals surface area contributed by atoms with Crippen LogP contribution in [0.15, 0.2) is 40.9 Å². The minimum Gasteiger partial charge on any atom is -0.497 e. The number of hydrogen-bond donors (Lipinski definition) is 1. The number of halogens is 2. The van der Waals surface area contributed by atoms with E-state index in [2.05, 4.69) is 15.9 Å². The Hall–Kier alpha value is -1.23. The highest BCUT2D eigenvalue weighted by Gasteiger charge is 2.17. The van der Waals surface area contributed by atoms with E-state index in [1.807, 2.05) is 0 Å². The van der Waals surface area contributed by atoms with Crippen molar-refractivity contribution in [3.63, 3.8) is 0 Å². The second kappa shape index (κ2) is 6.48. The van der Waals surface area contributed by atoms with Crippen LogP contribution in [-0.2, 0) is 0 Å². The van der Waals surface area contributed by atoms with Gasteiger partial charge in [0.2, 0.25) is 0 Å². The topological polar surface area (TPSA) is 38.7 Å². The van der Waals surface area contributed by atoms with E-state index in [4.69, 9.17) is 21.1 Å². The van der Waals surface area contributed by atoms with Gasteiger partial charge in [0.15, 0.2) is 0 Å². The second-order valence-electron chi connectivity index (χ2n) is 4.18. The summed E-state index contributed by atoms with van der Waals surface area (Å²) in [5, 5.41) is 11.1. The molecule has 0 spiro atoms. The predicted molar refractivity (Wildman–Crippen MR) is 82.8 cm³/mol. The van der Waals surface area contributed by atoms with E-state index >= 15 is 0 Å². The van der Waals surface area contributed by atoms with Crippen molar-refractivity contribution in [1.82, 2.24) is 0 Å². The molecule has 5 heteroatoms. The van der Waals surface area contributed by atoms with Crippen molar-refractivity contribution in [1.29, 1.82) is 0 Å². The molecule has 0 aliphatic rings. The molecule has 2 aromatic carbocycles. The molecule has 0 amide bonds. The molecule has 106 valence electrons. The van der Waals surface area contributed by atoms with E-state index < -0.39 is 6.10 Å². The zero-order chi connectivity index (χ0) is 14.7. The van der Waals surface area contributed by atoms with Gasteiger partial charge in [-0.05, 0) is 51.8 Å². The van der Waals surface area contributed by atoms with Crippen molar-refractivity contribution in [2.24, 2.45) is 0 Å². The van der Waals surface area contributed by atoms with Gasteiger partial charge in [-0.25, -0.2) is 0 Å². The normalized spacial score (nSPS) is 12.1. The van der Waals surface area contributed by atoms with Gasteiger partial charge in [0.25, 0.3) is 0 Å². The summed E-state index contributed by atoms with van der Waals surface area (Å²) in [6.45, 7) is 0. The molecule has 1 unspecified atom stereocenters. The molecule has 3 nitrogen and oxygen atoms in total. The van der Waals surface area contributed by atoms with E-state index in [1.165, 1.54) is 0 Å². The van der Waals surface area contributed by atoms with Crippen molar-refractivity contribution in [3.8, 4) is 11.5 Å². The molecule has 2 rings (SSSR count). The first-order valence-electron chi connectivity index (χ1n) is 5.91. The van der Waals surface area contributed by atoms with Crippen LogP contribution < -0.4 is 9.47 Å². The molecule has 0 aliphatic heterocycles. The molecule has 0 radical (unpaired) electrons. The Morgan fingerprint density at radius 2 is 1.85 bits per heavy atom. The summed E-state index contributed by atoms with van der Waals surface area (Å²) in [5.74, 6) is 1.26. The molecule has 0 aliphatic carbocycles. The highest BCUT2D eigenvalue weighted by molar-refractivity contribution is 9.10. The van der Waals surface area contributed by atoms with Crippen LogP contribution in [0.1, 0.15) is 17.2 Å². The van der Waals surface area contributed by atoms with Crippen LogP contribution in [-0.4, -0.2) is 19.3 Å². The number of aliphatic hydroxyl groups is 1. The summed E-state index contributed by atoms with van der Waals surface area (Å²) in [7, 11) is 3.15. The number of ether oxygens (including phenoxy) is 2. The lowest BCUT2D eigenvalue weighted by Crippen LogP contribution is -2.03. The average molecular weight is 358 g/mol. The maximum Gasteiger partial charge on any atom is 0.125 e. The Balaban J connectivity index is 2.45. The van der Waals surface area contributed by atoms with Gasteiger partial charge in [-0.3, -0.25) is 0 Å². The van der Waals surface area contributed by atoms with E-state index in [1.54, 1.807) is 50.6 Å². The first-order valence-corrected chi connectivity index (χ1v) is 7.09. The fraction of sp³-hybridized carbons (Fsp3) is 0.200. The maximum atomic E-state index is 10.5. The zero-order valence-corrected chi connectivity index (χ0v) is 13.4. The van der Waals surface area contributed by atoms with Crippen LogP contribution in [0.3, 0.4) is 0 Å². The molecule has 0 aromatic heterocycles. The highest BCUT2D eigenvalue weighted by atomic mass is 79.9. The van der Waals surface area contributed by atoms with Gasteiger partial charge in [0, 0.05) is 10.0 Å². The molecular weight excluding hydrogens is 344 g/mol. The van der Waals surface area contributed by atoms with E-state index in [0.29, 0.717) is 27.6 Å². The fourth-order valence-electron chi connectivity index (χ4n) is 1.92. The largest absolute Gasteiger partial charge is 0.497 e. The lowest BCUT2D eigenvalue weighted by molar-refractivity contribution is 0.214. The first kappa shape index (κ1) is 15.2. The molecule has 2 aromatic rings. The molecule has 1 N–H and O–H groups in total. The quantitative estimate of drug-likeness (QED) is 0.891. The third-order valence-electron chi connectivity index (χ3n) is 2.99. The Labute approximate surface area is 131 Å². The smallest absolute Gasteiger partial charge is 0.125 e. The maximum absolute atomic E-state index is 10.5. The van der Waals surface area contributed by atoms with Gasteiger partial charge in [0.1, 0.15) is 17.6 Å². The monoisotopic (exact) mass is 356 g/mol. The SMILES string of the molecule is COc1ccc(OC)c(C(O)c2ccc(Cl)c(Br)c2)c1. The van der Waals surface area contributed by atoms with Crippen LogP contribution in [0.4, 0.5) is 0 Å². The van der Waals surface area contributed by atoms with Crippen molar-refractivity contribution in [3.05, 3.63) is 57.0 Å². The molecule has 0 saturated carbocycles. The number of aliphatic hydroxyl groups excluding tert-OH is 1. The lowest BCUT2D eigenvalue weighted by atomic mass is 10.0. The molecule has 20 heavy (non-hydrogen) atoms. The zero-order valence-electron chi connectivity index (χ0n) is 11.1. The highest BCUT2D eigenvalue weighted by Crippen LogP contribution is 2.35. The van der Waals surface area contributed by atoms with Crippen molar-refractivity contribution in [2.75, 3.05) is 14.2 Å². The summed E-state index contributed by atoms with van der Waals surface area (Å²) in [5.41, 5.74) is 1.36. The summed E-state index contributed by atoms with van der Waals surface area (Å²) >= 11 is 9.32. The molecule has 1 atom stereocenters. The van der Waals surface area contributed by atoms with Gasteiger partial charge in [0.05, 0.1) is 19.2 Å². The number of hydrogen-bond acceptors (Lipinski definition) is 3. The molecule has 0 heterocycles. The third-order valence-corrected chi connectivity index (χ3v) is 4.20. The van der Waals surface area contributed by atoms with Gasteiger partial charge < -0.3 is 14.6 Å². The van der Waals surface area contributed by atoms with Crippen molar-refractivity contribution in [2.45, 2.75) is 6.10 Å². The van der Waals surface area contributed by atoms with Gasteiger partial charge in [-0.15, -0.1) is 0 Å². The Kier molecular flexibility index (Phi) is 4.91. The molecule has 0 fully saturated rings. The number of methoxy groups -OCH3 is 2. The summed E-state index contributed by atoms with van der Waals surface area (Å²) < 4.78 is 11.2. The van der Waals surface area contributed by atoms with E-state index in [-0.39, 0.29) is 0 Å².